The lowest BCUT2D eigenvalue weighted by Crippen LogP contribution is -2.46. The van der Waals surface area contributed by atoms with Crippen LogP contribution in [0.1, 0.15) is 23.2 Å². The minimum absolute atomic E-state index is 0.0384. The molecule has 2 rings (SSSR count). The summed E-state index contributed by atoms with van der Waals surface area (Å²) in [6, 6.07) is 3.68. The van der Waals surface area contributed by atoms with Gasteiger partial charge >= 0.3 is 5.97 Å². The molecule has 1 aromatic rings. The molecule has 21 heavy (non-hydrogen) atoms. The van der Waals surface area contributed by atoms with Crippen LogP contribution >= 0.6 is 0 Å². The van der Waals surface area contributed by atoms with Crippen molar-refractivity contribution in [3.05, 3.63) is 23.8 Å². The van der Waals surface area contributed by atoms with E-state index in [0.717, 1.165) is 0 Å². The molecule has 116 valence electrons. The zero-order valence-electron chi connectivity index (χ0n) is 11.7. The van der Waals surface area contributed by atoms with Gasteiger partial charge in [-0.25, -0.2) is 17.9 Å². The van der Waals surface area contributed by atoms with Gasteiger partial charge in [0, 0.05) is 6.04 Å². The highest BCUT2D eigenvalue weighted by Gasteiger charge is 2.31. The monoisotopic (exact) mass is 315 g/mol. The van der Waals surface area contributed by atoms with E-state index in [1.165, 1.54) is 32.4 Å². The summed E-state index contributed by atoms with van der Waals surface area (Å²) in [4.78, 5) is 11.6. The van der Waals surface area contributed by atoms with E-state index in [1.54, 1.807) is 0 Å². The smallest absolute Gasteiger partial charge is 0.341 e. The Labute approximate surface area is 122 Å². The molecule has 7 nitrogen and oxygen atoms in total. The summed E-state index contributed by atoms with van der Waals surface area (Å²) in [6.45, 7) is 0. The Balaban J connectivity index is 2.28. The van der Waals surface area contributed by atoms with Gasteiger partial charge in [0.1, 0.15) is 11.3 Å². The summed E-state index contributed by atoms with van der Waals surface area (Å²) in [7, 11) is -1.17. The summed E-state index contributed by atoms with van der Waals surface area (Å²) in [6.07, 6.45) is 0.317. The van der Waals surface area contributed by atoms with Crippen molar-refractivity contribution in [1.82, 2.24) is 4.72 Å². The fraction of sp³-hybridized carbons (Fsp3) is 0.462. The van der Waals surface area contributed by atoms with Crippen LogP contribution in [0.25, 0.3) is 0 Å². The molecule has 0 aromatic heterocycles. The molecule has 8 heteroatoms. The Bertz CT molecular complexity index is 636. The summed E-state index contributed by atoms with van der Waals surface area (Å²) in [5.41, 5.74) is 0.0384. The van der Waals surface area contributed by atoms with E-state index in [2.05, 4.69) is 9.46 Å². The molecule has 0 spiro atoms. The van der Waals surface area contributed by atoms with Crippen molar-refractivity contribution in [3.8, 4) is 5.75 Å². The third kappa shape index (κ3) is 3.34. The van der Waals surface area contributed by atoms with Crippen LogP contribution in [0.2, 0.25) is 0 Å². The summed E-state index contributed by atoms with van der Waals surface area (Å²) >= 11 is 0. The van der Waals surface area contributed by atoms with Crippen molar-refractivity contribution < 1.29 is 27.8 Å². The van der Waals surface area contributed by atoms with Gasteiger partial charge in [0.05, 0.1) is 25.2 Å². The van der Waals surface area contributed by atoms with E-state index in [0.29, 0.717) is 12.8 Å². The molecule has 1 aliphatic rings. The number of methoxy groups -OCH3 is 2. The number of aliphatic hydroxyl groups is 1. The Morgan fingerprint density at radius 3 is 2.52 bits per heavy atom. The van der Waals surface area contributed by atoms with Gasteiger partial charge < -0.3 is 14.6 Å². The normalized spacial score (nSPS) is 21.5. The topological polar surface area (TPSA) is 102 Å². The number of benzene rings is 1. The van der Waals surface area contributed by atoms with Crippen LogP contribution in [0.3, 0.4) is 0 Å². The molecule has 0 heterocycles. The number of nitrogens with one attached hydrogen (secondary N) is 1. The number of ether oxygens (including phenoxy) is 2. The van der Waals surface area contributed by atoms with Gasteiger partial charge in [-0.1, -0.05) is 0 Å². The molecule has 1 fully saturated rings. The van der Waals surface area contributed by atoms with Gasteiger partial charge in [0.15, 0.2) is 0 Å². The van der Waals surface area contributed by atoms with Crippen molar-refractivity contribution in [1.29, 1.82) is 0 Å². The molecule has 1 saturated carbocycles. The Morgan fingerprint density at radius 1 is 1.33 bits per heavy atom. The molecule has 0 atom stereocenters. The van der Waals surface area contributed by atoms with Crippen LogP contribution in [-0.4, -0.2) is 45.9 Å². The maximum atomic E-state index is 12.2. The molecule has 0 bridgehead atoms. The van der Waals surface area contributed by atoms with Crippen molar-refractivity contribution >= 4 is 16.0 Å². The van der Waals surface area contributed by atoms with Gasteiger partial charge in [-0.3, -0.25) is 0 Å². The number of hydrogen-bond donors (Lipinski definition) is 2. The van der Waals surface area contributed by atoms with E-state index < -0.39 is 22.1 Å². The van der Waals surface area contributed by atoms with Crippen molar-refractivity contribution in [2.75, 3.05) is 14.2 Å². The largest absolute Gasteiger partial charge is 0.496 e. The van der Waals surface area contributed by atoms with Crippen LogP contribution in [0.15, 0.2) is 23.1 Å². The Kier molecular flexibility index (Phi) is 4.50. The second-order valence-corrected chi connectivity index (χ2v) is 6.51. The highest BCUT2D eigenvalue weighted by molar-refractivity contribution is 7.89. The summed E-state index contributed by atoms with van der Waals surface area (Å²) < 4.78 is 36.5. The van der Waals surface area contributed by atoms with Crippen molar-refractivity contribution in [2.24, 2.45) is 0 Å². The van der Waals surface area contributed by atoms with Gasteiger partial charge in [0.25, 0.3) is 0 Å². The van der Waals surface area contributed by atoms with Crippen molar-refractivity contribution in [2.45, 2.75) is 29.9 Å². The number of aliphatic hydroxyl groups excluding tert-OH is 1. The highest BCUT2D eigenvalue weighted by Crippen LogP contribution is 2.25. The maximum absolute atomic E-state index is 12.2. The first-order valence-electron chi connectivity index (χ1n) is 6.34. The number of hydrogen-bond acceptors (Lipinski definition) is 6. The Morgan fingerprint density at radius 2 is 2.00 bits per heavy atom. The van der Waals surface area contributed by atoms with Gasteiger partial charge in [-0.2, -0.15) is 0 Å². The lowest BCUT2D eigenvalue weighted by atomic mass is 9.91. The van der Waals surface area contributed by atoms with E-state index in [1.807, 2.05) is 0 Å². The fourth-order valence-electron chi connectivity index (χ4n) is 2.10. The zero-order valence-corrected chi connectivity index (χ0v) is 12.5. The lowest BCUT2D eigenvalue weighted by molar-refractivity contribution is 0.0596. The van der Waals surface area contributed by atoms with E-state index >= 15 is 0 Å². The minimum Gasteiger partial charge on any atom is -0.496 e. The molecular weight excluding hydrogens is 298 g/mol. The van der Waals surface area contributed by atoms with E-state index in [9.17, 15) is 18.3 Å². The number of carbonyl (C=O) groups excluding carboxylic acids is 1. The molecule has 0 saturated heterocycles. The molecule has 2 N–H and O–H groups in total. The third-order valence-electron chi connectivity index (χ3n) is 3.32. The lowest BCUT2D eigenvalue weighted by Gasteiger charge is -2.31. The Hall–Kier alpha value is -1.64. The average Bonchev–Trinajstić information content (AvgIpc) is 2.43. The second-order valence-electron chi connectivity index (χ2n) is 4.80. The first-order valence-corrected chi connectivity index (χ1v) is 7.82. The van der Waals surface area contributed by atoms with Crippen LogP contribution < -0.4 is 9.46 Å². The molecule has 0 amide bonds. The van der Waals surface area contributed by atoms with Crippen LogP contribution in [-0.2, 0) is 14.8 Å². The summed E-state index contributed by atoms with van der Waals surface area (Å²) in [5.74, 6) is -0.442. The quantitative estimate of drug-likeness (QED) is 0.757. The first kappa shape index (κ1) is 15.7. The molecule has 0 unspecified atom stereocenters. The maximum Gasteiger partial charge on any atom is 0.341 e. The van der Waals surface area contributed by atoms with Crippen LogP contribution in [0.5, 0.6) is 5.75 Å². The predicted molar refractivity (Wildman–Crippen MR) is 73.7 cm³/mol. The minimum atomic E-state index is -3.76. The average molecular weight is 315 g/mol. The first-order chi connectivity index (χ1) is 9.87. The SMILES string of the molecule is COC(=O)c1cc(S(=O)(=O)NC2CC(O)C2)ccc1OC. The molecule has 1 aromatic carbocycles. The number of rotatable bonds is 5. The number of sulfonamides is 1. The predicted octanol–water partition coefficient (Wildman–Crippen LogP) is 0.283. The van der Waals surface area contributed by atoms with E-state index in [-0.39, 0.29) is 22.3 Å². The fourth-order valence-corrected chi connectivity index (χ4v) is 3.38. The number of carbonyl (C=O) groups is 1. The molecular formula is C13H17NO6S. The van der Waals surface area contributed by atoms with Gasteiger partial charge in [-0.15, -0.1) is 0 Å². The van der Waals surface area contributed by atoms with Gasteiger partial charge in [-0.05, 0) is 31.0 Å². The van der Waals surface area contributed by atoms with Crippen molar-refractivity contribution in [3.63, 3.8) is 0 Å². The van der Waals surface area contributed by atoms with Crippen LogP contribution in [0, 0.1) is 0 Å². The molecule has 1 aliphatic carbocycles. The second kappa shape index (κ2) is 6.00. The standard InChI is InChI=1S/C13H17NO6S/c1-19-12-4-3-10(7-11(12)13(16)20-2)21(17,18)14-8-5-9(15)6-8/h3-4,7-9,14-15H,5-6H2,1-2H3. The summed E-state index contributed by atoms with van der Waals surface area (Å²) in [5, 5.41) is 9.19. The van der Waals surface area contributed by atoms with Crippen LogP contribution in [0.4, 0.5) is 0 Å². The number of esters is 1. The van der Waals surface area contributed by atoms with Gasteiger partial charge in [0.2, 0.25) is 10.0 Å². The molecule has 0 aliphatic heterocycles. The highest BCUT2D eigenvalue weighted by atomic mass is 32.2. The van der Waals surface area contributed by atoms with E-state index in [4.69, 9.17) is 4.74 Å². The third-order valence-corrected chi connectivity index (χ3v) is 4.84. The molecule has 0 radical (unpaired) electrons. The zero-order chi connectivity index (χ0) is 15.6.